The summed E-state index contributed by atoms with van der Waals surface area (Å²) in [6.07, 6.45) is 0. The largest absolute Gasteiger partial charge is 0.454 e. The predicted molar refractivity (Wildman–Crippen MR) is 258 cm³/mol. The third kappa shape index (κ3) is 4.86. The average Bonchev–Trinajstić information content (AvgIpc) is 4.10. The number of furan rings is 1. The molecule has 6 heteroatoms. The van der Waals surface area contributed by atoms with Gasteiger partial charge in [-0.1, -0.05) is 152 Å². The minimum absolute atomic E-state index is 0.577. The zero-order valence-electron chi connectivity index (χ0n) is 33.7. The third-order valence-electron chi connectivity index (χ3n) is 12.9. The molecule has 0 fully saturated rings. The fourth-order valence-corrected chi connectivity index (χ4v) is 10.2. The Hall–Kier alpha value is -8.61. The van der Waals surface area contributed by atoms with E-state index in [1.165, 1.54) is 48.9 Å². The quantitative estimate of drug-likeness (QED) is 0.174. The molecule has 0 saturated carbocycles. The molecular weight excluding hydrogens is 771 g/mol. The van der Waals surface area contributed by atoms with Crippen LogP contribution in [0.15, 0.2) is 205 Å². The smallest absolute Gasteiger partial charge is 0.164 e. The van der Waals surface area contributed by atoms with Crippen LogP contribution in [0.4, 0.5) is 0 Å². The van der Waals surface area contributed by atoms with E-state index in [0.717, 1.165) is 66.5 Å². The van der Waals surface area contributed by atoms with Gasteiger partial charge in [0, 0.05) is 59.8 Å². The minimum atomic E-state index is 0.577. The van der Waals surface area contributed by atoms with E-state index in [2.05, 4.69) is 179 Å². The van der Waals surface area contributed by atoms with Crippen LogP contribution in [0.1, 0.15) is 0 Å². The van der Waals surface area contributed by atoms with Gasteiger partial charge in [-0.15, -0.1) is 0 Å². The van der Waals surface area contributed by atoms with Crippen molar-refractivity contribution >= 4 is 81.8 Å². The van der Waals surface area contributed by atoms with Crippen LogP contribution in [0, 0.1) is 0 Å². The van der Waals surface area contributed by atoms with Gasteiger partial charge in [0.2, 0.25) is 0 Å². The van der Waals surface area contributed by atoms with Crippen molar-refractivity contribution in [3.8, 4) is 51.0 Å². The number of hydrogen-bond acceptors (Lipinski definition) is 4. The van der Waals surface area contributed by atoms with Crippen LogP contribution >= 0.6 is 0 Å². The van der Waals surface area contributed by atoms with Gasteiger partial charge in [0.05, 0.1) is 33.3 Å². The van der Waals surface area contributed by atoms with E-state index in [-0.39, 0.29) is 0 Å². The van der Waals surface area contributed by atoms with Crippen LogP contribution in [0.5, 0.6) is 0 Å². The molecule has 0 radical (unpaired) electrons. The zero-order valence-corrected chi connectivity index (χ0v) is 33.7. The normalized spacial score (nSPS) is 12.1. The van der Waals surface area contributed by atoms with E-state index in [1.54, 1.807) is 0 Å². The molecule has 14 rings (SSSR count). The van der Waals surface area contributed by atoms with Gasteiger partial charge in [-0.2, -0.15) is 0 Å². The Kier molecular flexibility index (Phi) is 7.02. The number of aromatic nitrogens is 5. The first kappa shape index (κ1) is 34.1. The Morgan fingerprint density at radius 2 is 0.905 bits per heavy atom. The third-order valence-corrected chi connectivity index (χ3v) is 12.9. The van der Waals surface area contributed by atoms with Crippen molar-refractivity contribution in [2.75, 3.05) is 0 Å². The Morgan fingerprint density at radius 1 is 0.349 bits per heavy atom. The summed E-state index contributed by atoms with van der Waals surface area (Å²) in [5.74, 6) is 1.78. The standard InChI is InChI=1S/C57H33N5O/c1-3-16-34(17-4-1)36-20-15-21-37(32-36)56-58-55(35-18-5-2-6-19-35)59-57(60-56)42-30-31-48(54-50(42)41-25-10-14-29-49(41)63-54)62-46-27-12-8-23-39(46)44-33-43-38-22-7-11-26-45(38)61-47-28-13-9-24-40(47)51(52(43)61)53(44)62/h1-33H. The molecular formula is C57H33N5O. The second kappa shape index (κ2) is 12.9. The molecule has 14 aromatic rings. The zero-order chi connectivity index (χ0) is 41.2. The van der Waals surface area contributed by atoms with Crippen molar-refractivity contribution in [1.82, 2.24) is 23.9 Å². The molecule has 0 amide bonds. The summed E-state index contributed by atoms with van der Waals surface area (Å²) in [7, 11) is 0. The van der Waals surface area contributed by atoms with Gasteiger partial charge >= 0.3 is 0 Å². The van der Waals surface area contributed by atoms with Crippen molar-refractivity contribution in [1.29, 1.82) is 0 Å². The Balaban J connectivity index is 1.08. The second-order valence-electron chi connectivity index (χ2n) is 16.3. The van der Waals surface area contributed by atoms with Gasteiger partial charge in [-0.25, -0.2) is 15.0 Å². The maximum Gasteiger partial charge on any atom is 0.164 e. The van der Waals surface area contributed by atoms with E-state index < -0.39 is 0 Å². The van der Waals surface area contributed by atoms with Crippen LogP contribution in [0.3, 0.4) is 0 Å². The molecule has 0 aliphatic heterocycles. The van der Waals surface area contributed by atoms with Crippen molar-refractivity contribution in [3.05, 3.63) is 200 Å². The summed E-state index contributed by atoms with van der Waals surface area (Å²) in [5.41, 5.74) is 13.3. The molecule has 5 heterocycles. The first-order valence-electron chi connectivity index (χ1n) is 21.3. The number of nitrogens with zero attached hydrogens (tertiary/aromatic N) is 5. The van der Waals surface area contributed by atoms with Crippen LogP contribution in [0.2, 0.25) is 0 Å². The summed E-state index contributed by atoms with van der Waals surface area (Å²) < 4.78 is 11.9. The van der Waals surface area contributed by atoms with E-state index in [1.807, 2.05) is 30.3 Å². The average molecular weight is 804 g/mol. The number of fused-ring (bicyclic) bond motifs is 13. The lowest BCUT2D eigenvalue weighted by atomic mass is 10.0. The number of para-hydroxylation sites is 4. The summed E-state index contributed by atoms with van der Waals surface area (Å²) in [6.45, 7) is 0. The lowest BCUT2D eigenvalue weighted by Crippen LogP contribution is -2.01. The predicted octanol–water partition coefficient (Wildman–Crippen LogP) is 14.7. The fraction of sp³-hybridized carbons (Fsp3) is 0. The lowest BCUT2D eigenvalue weighted by Gasteiger charge is -2.13. The topological polar surface area (TPSA) is 61.2 Å². The van der Waals surface area contributed by atoms with E-state index in [9.17, 15) is 0 Å². The molecule has 0 N–H and O–H groups in total. The number of benzene rings is 9. The highest BCUT2D eigenvalue weighted by molar-refractivity contribution is 6.34. The molecule has 5 aromatic heterocycles. The van der Waals surface area contributed by atoms with Gasteiger partial charge in [-0.05, 0) is 59.7 Å². The minimum Gasteiger partial charge on any atom is -0.454 e. The van der Waals surface area contributed by atoms with Crippen molar-refractivity contribution in [3.63, 3.8) is 0 Å². The molecule has 0 spiro atoms. The molecule has 292 valence electrons. The van der Waals surface area contributed by atoms with Crippen molar-refractivity contribution in [2.45, 2.75) is 0 Å². The Bertz CT molecular complexity index is 4140. The number of rotatable bonds is 5. The van der Waals surface area contributed by atoms with Gasteiger partial charge in [0.25, 0.3) is 0 Å². The van der Waals surface area contributed by atoms with Gasteiger partial charge < -0.3 is 13.4 Å². The summed E-state index contributed by atoms with van der Waals surface area (Å²) >= 11 is 0. The lowest BCUT2D eigenvalue weighted by molar-refractivity contribution is 0.666. The monoisotopic (exact) mass is 803 g/mol. The maximum absolute atomic E-state index is 7.06. The van der Waals surface area contributed by atoms with Crippen LogP contribution in [-0.2, 0) is 0 Å². The molecule has 0 aliphatic rings. The van der Waals surface area contributed by atoms with Gasteiger partial charge in [-0.3, -0.25) is 0 Å². The van der Waals surface area contributed by atoms with E-state index in [0.29, 0.717) is 17.5 Å². The molecule has 0 atom stereocenters. The molecule has 6 nitrogen and oxygen atoms in total. The second-order valence-corrected chi connectivity index (χ2v) is 16.3. The first-order valence-corrected chi connectivity index (χ1v) is 21.3. The van der Waals surface area contributed by atoms with Gasteiger partial charge in [0.1, 0.15) is 5.58 Å². The molecule has 0 unspecified atom stereocenters. The summed E-state index contributed by atoms with van der Waals surface area (Å²) in [5, 5.41) is 9.30. The van der Waals surface area contributed by atoms with Crippen molar-refractivity contribution in [2.24, 2.45) is 0 Å². The fourth-order valence-electron chi connectivity index (χ4n) is 10.2. The van der Waals surface area contributed by atoms with Crippen LogP contribution in [-0.4, -0.2) is 23.9 Å². The molecule has 63 heavy (non-hydrogen) atoms. The number of hydrogen-bond donors (Lipinski definition) is 0. The van der Waals surface area contributed by atoms with Gasteiger partial charge in [0.15, 0.2) is 23.1 Å². The summed E-state index contributed by atoms with van der Waals surface area (Å²) in [6, 6.07) is 70.5. The molecule has 9 aromatic carbocycles. The SMILES string of the molecule is c1ccc(-c2cccc(-c3nc(-c4ccccc4)nc(-c4ccc(-n5c6ccccc6c6cc7c8ccccc8n8c9ccccc9c(c65)c78)c5oc6ccccc6c45)n3)c2)cc1. The van der Waals surface area contributed by atoms with E-state index in [4.69, 9.17) is 19.4 Å². The Labute approximate surface area is 359 Å². The maximum atomic E-state index is 7.06. The molecule has 0 aliphatic carbocycles. The molecule has 0 saturated heterocycles. The van der Waals surface area contributed by atoms with Crippen molar-refractivity contribution < 1.29 is 4.42 Å². The molecule has 0 bridgehead atoms. The van der Waals surface area contributed by atoms with Crippen LogP contribution in [0.25, 0.3) is 133 Å². The Morgan fingerprint density at radius 3 is 1.68 bits per heavy atom. The highest BCUT2D eigenvalue weighted by atomic mass is 16.3. The highest BCUT2D eigenvalue weighted by Gasteiger charge is 2.27. The van der Waals surface area contributed by atoms with E-state index >= 15 is 0 Å². The summed E-state index contributed by atoms with van der Waals surface area (Å²) in [4.78, 5) is 15.7. The highest BCUT2D eigenvalue weighted by Crippen LogP contribution is 2.48. The first-order chi connectivity index (χ1) is 31.3. The van der Waals surface area contributed by atoms with Crippen LogP contribution < -0.4 is 0 Å².